The van der Waals surface area contributed by atoms with Crippen molar-refractivity contribution in [3.8, 4) is 0 Å². The minimum Gasteiger partial charge on any atom is -0.385 e. The van der Waals surface area contributed by atoms with Gasteiger partial charge in [-0.2, -0.15) is 11.3 Å². The first-order valence-corrected chi connectivity index (χ1v) is 6.87. The quantitative estimate of drug-likeness (QED) is 0.836. The molecule has 15 heavy (non-hydrogen) atoms. The van der Waals surface area contributed by atoms with Crippen LogP contribution in [-0.2, 0) is 6.42 Å². The maximum atomic E-state index is 3.41. The molecule has 1 nitrogen and oxygen atoms in total. The summed E-state index contributed by atoms with van der Waals surface area (Å²) in [4.78, 5) is 0. The molecule has 0 radical (unpaired) electrons. The van der Waals surface area contributed by atoms with Gasteiger partial charge in [0.15, 0.2) is 0 Å². The molecule has 1 N–H and O–H groups in total. The number of anilines is 1. The Kier molecular flexibility index (Phi) is 4.02. The minimum atomic E-state index is 0.997. The summed E-state index contributed by atoms with van der Waals surface area (Å²) in [5, 5.41) is 7.74. The van der Waals surface area contributed by atoms with E-state index in [0.29, 0.717) is 0 Å². The summed E-state index contributed by atoms with van der Waals surface area (Å²) in [6.07, 6.45) is 1.09. The predicted molar refractivity (Wildman–Crippen MR) is 75.7 cm³/mol. The molecule has 3 heteroatoms. The normalized spacial score (nSPS) is 10.2. The van der Waals surface area contributed by atoms with Gasteiger partial charge in [-0.15, -0.1) is 0 Å². The van der Waals surface area contributed by atoms with Gasteiger partial charge in [-0.25, -0.2) is 0 Å². The number of hydrogen-bond acceptors (Lipinski definition) is 2. The van der Waals surface area contributed by atoms with Gasteiger partial charge < -0.3 is 5.32 Å². The molecular formula is C12H12INS. The van der Waals surface area contributed by atoms with E-state index >= 15 is 0 Å². The highest BCUT2D eigenvalue weighted by atomic mass is 127. The first kappa shape index (κ1) is 11.0. The summed E-state index contributed by atoms with van der Waals surface area (Å²) < 4.78 is 1.27. The number of rotatable bonds is 4. The third-order valence-electron chi connectivity index (χ3n) is 2.17. The van der Waals surface area contributed by atoms with Crippen molar-refractivity contribution < 1.29 is 0 Å². The summed E-state index contributed by atoms with van der Waals surface area (Å²) in [5.41, 5.74) is 2.61. The number of nitrogens with one attached hydrogen (secondary N) is 1. The molecule has 0 bridgehead atoms. The van der Waals surface area contributed by atoms with Crippen LogP contribution in [0.4, 0.5) is 5.69 Å². The highest BCUT2D eigenvalue weighted by molar-refractivity contribution is 14.1. The topological polar surface area (TPSA) is 12.0 Å². The van der Waals surface area contributed by atoms with E-state index in [-0.39, 0.29) is 0 Å². The minimum absolute atomic E-state index is 0.997. The lowest BCUT2D eigenvalue weighted by molar-refractivity contribution is 1.03. The third-order valence-corrected chi connectivity index (χ3v) is 3.62. The molecule has 0 aliphatic carbocycles. The fourth-order valence-electron chi connectivity index (χ4n) is 1.35. The summed E-state index contributed by atoms with van der Waals surface area (Å²) in [6.45, 7) is 0.997. The first-order valence-electron chi connectivity index (χ1n) is 4.85. The van der Waals surface area contributed by atoms with Gasteiger partial charge in [-0.1, -0.05) is 0 Å². The molecule has 0 fully saturated rings. The average Bonchev–Trinajstić information content (AvgIpc) is 2.74. The van der Waals surface area contributed by atoms with Crippen LogP contribution in [0.3, 0.4) is 0 Å². The highest BCUT2D eigenvalue weighted by Crippen LogP contribution is 2.12. The second kappa shape index (κ2) is 5.51. The van der Waals surface area contributed by atoms with Crippen molar-refractivity contribution in [2.24, 2.45) is 0 Å². The van der Waals surface area contributed by atoms with Crippen molar-refractivity contribution in [1.82, 2.24) is 0 Å². The van der Waals surface area contributed by atoms with E-state index in [1.165, 1.54) is 14.8 Å². The van der Waals surface area contributed by atoms with Crippen molar-refractivity contribution in [3.05, 3.63) is 50.2 Å². The lowest BCUT2D eigenvalue weighted by Gasteiger charge is -2.05. The summed E-state index contributed by atoms with van der Waals surface area (Å²) in [6, 6.07) is 10.7. The van der Waals surface area contributed by atoms with Crippen molar-refractivity contribution in [1.29, 1.82) is 0 Å². The van der Waals surface area contributed by atoms with Crippen LogP contribution in [0.2, 0.25) is 0 Å². The Morgan fingerprint density at radius 1 is 1.13 bits per heavy atom. The molecule has 0 spiro atoms. The maximum absolute atomic E-state index is 3.41. The van der Waals surface area contributed by atoms with Gasteiger partial charge in [0.2, 0.25) is 0 Å². The van der Waals surface area contributed by atoms with E-state index in [1.807, 2.05) is 0 Å². The average molecular weight is 329 g/mol. The van der Waals surface area contributed by atoms with Crippen LogP contribution >= 0.6 is 33.9 Å². The van der Waals surface area contributed by atoms with Crippen LogP contribution in [0.15, 0.2) is 41.1 Å². The zero-order chi connectivity index (χ0) is 10.5. The van der Waals surface area contributed by atoms with Crippen molar-refractivity contribution in [2.45, 2.75) is 6.42 Å². The van der Waals surface area contributed by atoms with Crippen LogP contribution < -0.4 is 5.32 Å². The Hall–Kier alpha value is -0.550. The Labute approximate surface area is 108 Å². The molecule has 1 aromatic heterocycles. The largest absolute Gasteiger partial charge is 0.385 e. The van der Waals surface area contributed by atoms with Gasteiger partial charge in [-0.3, -0.25) is 0 Å². The number of benzene rings is 1. The molecule has 0 unspecified atom stereocenters. The SMILES string of the molecule is Ic1ccc(NCCc2ccsc2)cc1. The molecule has 2 rings (SSSR count). The second-order valence-corrected chi connectivity index (χ2v) is 5.34. The lowest BCUT2D eigenvalue weighted by Crippen LogP contribution is -2.03. The van der Waals surface area contributed by atoms with Gasteiger partial charge in [0.1, 0.15) is 0 Å². The fraction of sp³-hybridized carbons (Fsp3) is 0.167. The van der Waals surface area contributed by atoms with E-state index in [9.17, 15) is 0 Å². The predicted octanol–water partition coefficient (Wildman–Crippen LogP) is 4.01. The molecule has 0 saturated heterocycles. The standard InChI is InChI=1S/C12H12INS/c13-11-1-3-12(4-2-11)14-7-5-10-6-8-15-9-10/h1-4,6,8-9,14H,5,7H2. The van der Waals surface area contributed by atoms with Crippen molar-refractivity contribution >= 4 is 39.6 Å². The summed E-state index contributed by atoms with van der Waals surface area (Å²) >= 11 is 4.08. The van der Waals surface area contributed by atoms with Gasteiger partial charge in [-0.05, 0) is 75.7 Å². The van der Waals surface area contributed by atoms with Crippen LogP contribution in [0.5, 0.6) is 0 Å². The zero-order valence-electron chi connectivity index (χ0n) is 8.24. The molecule has 2 aromatic rings. The number of hydrogen-bond donors (Lipinski definition) is 1. The van der Waals surface area contributed by atoms with E-state index in [0.717, 1.165) is 13.0 Å². The molecule has 0 atom stereocenters. The Morgan fingerprint density at radius 2 is 1.93 bits per heavy atom. The highest BCUT2D eigenvalue weighted by Gasteiger charge is 1.94. The smallest absolute Gasteiger partial charge is 0.0340 e. The number of halogens is 1. The Morgan fingerprint density at radius 3 is 2.60 bits per heavy atom. The summed E-state index contributed by atoms with van der Waals surface area (Å²) in [5.74, 6) is 0. The number of thiophene rings is 1. The van der Waals surface area contributed by atoms with Gasteiger partial charge in [0.05, 0.1) is 0 Å². The first-order chi connectivity index (χ1) is 7.34. The second-order valence-electron chi connectivity index (χ2n) is 3.32. The Balaban J connectivity index is 1.81. The van der Waals surface area contributed by atoms with E-state index in [4.69, 9.17) is 0 Å². The molecule has 78 valence electrons. The van der Waals surface area contributed by atoms with Crippen molar-refractivity contribution in [3.63, 3.8) is 0 Å². The zero-order valence-corrected chi connectivity index (χ0v) is 11.2. The summed E-state index contributed by atoms with van der Waals surface area (Å²) in [7, 11) is 0. The van der Waals surface area contributed by atoms with Crippen LogP contribution in [0.1, 0.15) is 5.56 Å². The van der Waals surface area contributed by atoms with E-state index < -0.39 is 0 Å². The van der Waals surface area contributed by atoms with Gasteiger partial charge >= 0.3 is 0 Å². The molecular weight excluding hydrogens is 317 g/mol. The van der Waals surface area contributed by atoms with Crippen LogP contribution in [0.25, 0.3) is 0 Å². The molecule has 0 aliphatic heterocycles. The van der Waals surface area contributed by atoms with Crippen LogP contribution in [0, 0.1) is 3.57 Å². The Bertz CT molecular complexity index is 394. The maximum Gasteiger partial charge on any atom is 0.0340 e. The fourth-order valence-corrected chi connectivity index (χ4v) is 2.42. The monoisotopic (exact) mass is 329 g/mol. The molecule has 1 aromatic carbocycles. The molecule has 0 aliphatic rings. The van der Waals surface area contributed by atoms with E-state index in [1.54, 1.807) is 11.3 Å². The van der Waals surface area contributed by atoms with Gasteiger partial charge in [0, 0.05) is 15.8 Å². The van der Waals surface area contributed by atoms with Crippen molar-refractivity contribution in [2.75, 3.05) is 11.9 Å². The third kappa shape index (κ3) is 3.50. The van der Waals surface area contributed by atoms with E-state index in [2.05, 4.69) is 69.0 Å². The van der Waals surface area contributed by atoms with Crippen LogP contribution in [-0.4, -0.2) is 6.54 Å². The molecule has 1 heterocycles. The molecule has 0 saturated carbocycles. The molecule has 0 amide bonds. The lowest BCUT2D eigenvalue weighted by atomic mass is 10.2. The van der Waals surface area contributed by atoms with Gasteiger partial charge in [0.25, 0.3) is 0 Å².